The summed E-state index contributed by atoms with van der Waals surface area (Å²) in [6, 6.07) is 9.72. The second kappa shape index (κ2) is 9.95. The molecule has 4 aliphatic rings. The van der Waals surface area contributed by atoms with Gasteiger partial charge in [-0.2, -0.15) is 0 Å². The average Bonchev–Trinajstić information content (AvgIpc) is 3.21. The molecule has 0 aliphatic heterocycles. The van der Waals surface area contributed by atoms with Crippen LogP contribution >= 0.6 is 0 Å². The maximum absolute atomic E-state index is 13.2. The smallest absolute Gasteiger partial charge is 0.162 e. The Balaban J connectivity index is 1.36. The number of aliphatic hydroxyl groups is 1. The molecule has 0 amide bonds. The van der Waals surface area contributed by atoms with Crippen LogP contribution in [0.25, 0.3) is 5.76 Å². The molecule has 2 nitrogen and oxygen atoms in total. The van der Waals surface area contributed by atoms with Crippen LogP contribution in [0.5, 0.6) is 0 Å². The molecular formula is C34H50O2. The molecule has 1 aromatic rings. The average molecular weight is 491 g/mol. The van der Waals surface area contributed by atoms with Gasteiger partial charge >= 0.3 is 0 Å². The highest BCUT2D eigenvalue weighted by molar-refractivity contribution is 6.02. The van der Waals surface area contributed by atoms with Gasteiger partial charge in [0.05, 0.1) is 0 Å². The van der Waals surface area contributed by atoms with Gasteiger partial charge in [0, 0.05) is 17.6 Å². The minimum absolute atomic E-state index is 0.136. The van der Waals surface area contributed by atoms with Gasteiger partial charge in [-0.25, -0.2) is 0 Å². The van der Waals surface area contributed by atoms with E-state index in [1.165, 1.54) is 57.8 Å². The van der Waals surface area contributed by atoms with E-state index < -0.39 is 0 Å². The lowest BCUT2D eigenvalue weighted by Crippen LogP contribution is -2.54. The summed E-state index contributed by atoms with van der Waals surface area (Å²) in [5, 5.41) is 11.2. The van der Waals surface area contributed by atoms with Crippen molar-refractivity contribution >= 4 is 11.5 Å². The van der Waals surface area contributed by atoms with Crippen molar-refractivity contribution in [3.8, 4) is 0 Å². The fourth-order valence-electron chi connectivity index (χ4n) is 9.98. The van der Waals surface area contributed by atoms with E-state index in [-0.39, 0.29) is 17.0 Å². The lowest BCUT2D eigenvalue weighted by atomic mass is 9.44. The molecule has 0 bridgehead atoms. The molecule has 36 heavy (non-hydrogen) atoms. The normalized spacial score (nSPS) is 40.4. The van der Waals surface area contributed by atoms with Gasteiger partial charge in [-0.1, -0.05) is 84.2 Å². The molecule has 4 fully saturated rings. The first-order valence-corrected chi connectivity index (χ1v) is 15.2. The Hall–Kier alpha value is -1.57. The van der Waals surface area contributed by atoms with Crippen LogP contribution in [-0.4, -0.2) is 10.9 Å². The minimum Gasteiger partial charge on any atom is -0.507 e. The number of ketones is 1. The third kappa shape index (κ3) is 4.39. The van der Waals surface area contributed by atoms with E-state index in [1.54, 1.807) is 0 Å². The number of aliphatic hydroxyl groups excluding tert-OH is 1. The van der Waals surface area contributed by atoms with Crippen molar-refractivity contribution in [2.75, 3.05) is 0 Å². The topological polar surface area (TPSA) is 37.3 Å². The summed E-state index contributed by atoms with van der Waals surface area (Å²) in [6.07, 6.45) is 13.6. The third-order valence-corrected chi connectivity index (χ3v) is 11.9. The Labute approximate surface area is 220 Å². The number of allylic oxidation sites excluding steroid dienone is 1. The number of hydrogen-bond donors (Lipinski definition) is 1. The minimum atomic E-state index is 0.136. The van der Waals surface area contributed by atoms with Crippen molar-refractivity contribution in [1.82, 2.24) is 0 Å². The van der Waals surface area contributed by atoms with Gasteiger partial charge < -0.3 is 5.11 Å². The van der Waals surface area contributed by atoms with E-state index in [9.17, 15) is 9.90 Å². The number of hydrogen-bond acceptors (Lipinski definition) is 2. The zero-order chi connectivity index (χ0) is 25.7. The molecule has 0 aromatic heterocycles. The maximum atomic E-state index is 13.2. The van der Waals surface area contributed by atoms with Crippen molar-refractivity contribution in [3.63, 3.8) is 0 Å². The molecule has 0 radical (unpaired) electrons. The predicted molar refractivity (Wildman–Crippen MR) is 149 cm³/mol. The lowest BCUT2D eigenvalue weighted by Gasteiger charge is -2.60. The van der Waals surface area contributed by atoms with Crippen LogP contribution in [0, 0.1) is 52.3 Å². The molecule has 4 aliphatic carbocycles. The Morgan fingerprint density at radius 1 is 0.944 bits per heavy atom. The molecular weight excluding hydrogens is 440 g/mol. The number of rotatable bonds is 6. The van der Waals surface area contributed by atoms with E-state index in [2.05, 4.69) is 34.6 Å². The number of carbonyl (C=O) groups excluding carboxylic acids is 1. The van der Waals surface area contributed by atoms with E-state index >= 15 is 0 Å². The van der Waals surface area contributed by atoms with Crippen molar-refractivity contribution in [2.45, 2.75) is 105 Å². The molecule has 1 N–H and O–H groups in total. The largest absolute Gasteiger partial charge is 0.507 e. The van der Waals surface area contributed by atoms with Gasteiger partial charge in [-0.05, 0) is 97.2 Å². The van der Waals surface area contributed by atoms with Crippen LogP contribution in [-0.2, 0) is 4.79 Å². The molecule has 0 unspecified atom stereocenters. The van der Waals surface area contributed by atoms with Crippen LogP contribution in [0.4, 0.5) is 0 Å². The van der Waals surface area contributed by atoms with Crippen molar-refractivity contribution in [3.05, 3.63) is 41.5 Å². The first kappa shape index (κ1) is 26.1. The summed E-state index contributed by atoms with van der Waals surface area (Å²) < 4.78 is 0. The van der Waals surface area contributed by atoms with Crippen molar-refractivity contribution < 1.29 is 9.90 Å². The van der Waals surface area contributed by atoms with E-state index in [0.717, 1.165) is 41.6 Å². The highest BCUT2D eigenvalue weighted by Crippen LogP contribution is 2.68. The number of fused-ring (bicyclic) bond motifs is 5. The molecule has 4 saturated carbocycles. The van der Waals surface area contributed by atoms with E-state index in [4.69, 9.17) is 0 Å². The summed E-state index contributed by atoms with van der Waals surface area (Å²) in [5.74, 6) is 5.78. The quantitative estimate of drug-likeness (QED) is 0.319. The van der Waals surface area contributed by atoms with Crippen molar-refractivity contribution in [1.29, 1.82) is 0 Å². The van der Waals surface area contributed by atoms with Gasteiger partial charge in [0.2, 0.25) is 0 Å². The molecule has 0 heterocycles. The molecule has 2 heteroatoms. The van der Waals surface area contributed by atoms with Crippen molar-refractivity contribution in [2.24, 2.45) is 52.3 Å². The Morgan fingerprint density at radius 2 is 1.67 bits per heavy atom. The fourth-order valence-corrected chi connectivity index (χ4v) is 9.98. The van der Waals surface area contributed by atoms with Crippen LogP contribution < -0.4 is 0 Å². The zero-order valence-corrected chi connectivity index (χ0v) is 23.6. The predicted octanol–water partition coefficient (Wildman–Crippen LogP) is 9.26. The first-order valence-electron chi connectivity index (χ1n) is 15.2. The highest BCUT2D eigenvalue weighted by Gasteiger charge is 2.61. The van der Waals surface area contributed by atoms with Gasteiger partial charge in [0.15, 0.2) is 5.78 Å². The summed E-state index contributed by atoms with van der Waals surface area (Å²) in [7, 11) is 0. The Kier molecular flexibility index (Phi) is 7.20. The monoisotopic (exact) mass is 490 g/mol. The molecule has 198 valence electrons. The Morgan fingerprint density at radius 3 is 2.39 bits per heavy atom. The van der Waals surface area contributed by atoms with Gasteiger partial charge in [-0.15, -0.1) is 0 Å². The first-order chi connectivity index (χ1) is 17.1. The molecule has 8 atom stereocenters. The lowest BCUT2D eigenvalue weighted by molar-refractivity contribution is -0.133. The molecule has 1 aromatic carbocycles. The summed E-state index contributed by atoms with van der Waals surface area (Å²) in [6.45, 7) is 12.4. The standard InChI is InChI=1S/C34H50O2/c1-22(2)10-9-11-23(3)28-16-17-29-26-15-14-25-20-31(35)27(32(36)24-12-7-6-8-13-24)21-34(25,5)30(26)18-19-33(28,29)4/h6-8,12-13,22-23,25-26,28-30,36H,9-11,14-21H2,1-5H3/b32-27-/t23-,25-,26+,28-,29+,30+,33-,34-/m0/s1. The summed E-state index contributed by atoms with van der Waals surface area (Å²) >= 11 is 0. The second-order valence-electron chi connectivity index (χ2n) is 14.2. The van der Waals surface area contributed by atoms with Gasteiger partial charge in [0.1, 0.15) is 5.76 Å². The third-order valence-electron chi connectivity index (χ3n) is 11.9. The number of carbonyl (C=O) groups is 1. The fraction of sp³-hybridized carbons (Fsp3) is 0.735. The number of benzene rings is 1. The van der Waals surface area contributed by atoms with Gasteiger partial charge in [-0.3, -0.25) is 4.79 Å². The zero-order valence-electron chi connectivity index (χ0n) is 23.6. The van der Waals surface area contributed by atoms with Crippen LogP contribution in [0.15, 0.2) is 35.9 Å². The highest BCUT2D eigenvalue weighted by atomic mass is 16.3. The van der Waals surface area contributed by atoms with Crippen LogP contribution in [0.1, 0.15) is 111 Å². The molecule has 0 spiro atoms. The van der Waals surface area contributed by atoms with Crippen LogP contribution in [0.2, 0.25) is 0 Å². The van der Waals surface area contributed by atoms with Crippen LogP contribution in [0.3, 0.4) is 0 Å². The van der Waals surface area contributed by atoms with E-state index in [1.807, 2.05) is 30.3 Å². The second-order valence-corrected chi connectivity index (χ2v) is 14.2. The van der Waals surface area contributed by atoms with Gasteiger partial charge in [0.25, 0.3) is 0 Å². The molecule has 5 rings (SSSR count). The Bertz CT molecular complexity index is 976. The maximum Gasteiger partial charge on any atom is 0.162 e. The van der Waals surface area contributed by atoms with E-state index in [0.29, 0.717) is 29.2 Å². The molecule has 0 saturated heterocycles. The summed E-state index contributed by atoms with van der Waals surface area (Å²) in [5.41, 5.74) is 2.13. The SMILES string of the molecule is CC(C)CCC[C@H](C)[C@@H]1CC[C@@H]2[C@H]3CC[C@H]4CC(=O)/C(=C(\O)c5ccccc5)C[C@]4(C)[C@@H]3CC[C@]21C. The summed E-state index contributed by atoms with van der Waals surface area (Å²) in [4.78, 5) is 13.2. The number of Topliss-reactive ketones (excluding diaryl/α,β-unsaturated/α-hetero) is 1.